The van der Waals surface area contributed by atoms with E-state index in [4.69, 9.17) is 0 Å². The molecule has 3 rings (SSSR count). The number of nitrogens with one attached hydrogen (secondary N) is 1. The Morgan fingerprint density at radius 1 is 1.32 bits per heavy atom. The molecule has 1 aliphatic rings. The van der Waals surface area contributed by atoms with E-state index in [2.05, 4.69) is 29.2 Å². The van der Waals surface area contributed by atoms with Crippen LogP contribution >= 0.6 is 0 Å². The van der Waals surface area contributed by atoms with E-state index in [0.717, 1.165) is 37.9 Å². The summed E-state index contributed by atoms with van der Waals surface area (Å²) < 4.78 is 42.0. The van der Waals surface area contributed by atoms with E-state index in [9.17, 15) is 13.2 Å². The molecule has 3 heterocycles. The molecule has 0 radical (unpaired) electrons. The van der Waals surface area contributed by atoms with Gasteiger partial charge in [0.1, 0.15) is 5.82 Å². The number of hydrogen-bond donors (Lipinski definition) is 1. The molecule has 0 aromatic carbocycles. The third kappa shape index (κ3) is 3.73. The lowest BCUT2D eigenvalue weighted by atomic mass is 9.99. The molecule has 138 valence electrons. The summed E-state index contributed by atoms with van der Waals surface area (Å²) in [6.07, 6.45) is -1.78. The van der Waals surface area contributed by atoms with E-state index in [-0.39, 0.29) is 0 Å². The van der Waals surface area contributed by atoms with Crippen molar-refractivity contribution in [2.45, 2.75) is 59.4 Å². The molecule has 1 unspecified atom stereocenters. The second-order valence-corrected chi connectivity index (χ2v) is 6.69. The van der Waals surface area contributed by atoms with Gasteiger partial charge in [-0.3, -0.25) is 4.68 Å². The monoisotopic (exact) mass is 355 g/mol. The van der Waals surface area contributed by atoms with Gasteiger partial charge < -0.3 is 9.88 Å². The molecule has 0 spiro atoms. The molecule has 25 heavy (non-hydrogen) atoms. The van der Waals surface area contributed by atoms with Crippen LogP contribution in [0.4, 0.5) is 13.2 Å². The topological polar surface area (TPSA) is 47.7 Å². The number of imidazole rings is 1. The fraction of sp³-hybridized carbons (Fsp3) is 0.647. The van der Waals surface area contributed by atoms with E-state index in [1.54, 1.807) is 4.57 Å². The summed E-state index contributed by atoms with van der Waals surface area (Å²) in [6, 6.07) is 0. The predicted octanol–water partition coefficient (Wildman–Crippen LogP) is 3.09. The highest BCUT2D eigenvalue weighted by molar-refractivity contribution is 5.24. The third-order valence-electron chi connectivity index (χ3n) is 4.95. The van der Waals surface area contributed by atoms with Crippen LogP contribution in [0.25, 0.3) is 0 Å². The maximum atomic E-state index is 12.8. The van der Waals surface area contributed by atoms with Crippen molar-refractivity contribution in [3.8, 4) is 0 Å². The number of halogens is 3. The average Bonchev–Trinajstić information content (AvgIpc) is 3.09. The van der Waals surface area contributed by atoms with Crippen LogP contribution in [0.15, 0.2) is 6.20 Å². The van der Waals surface area contributed by atoms with E-state index in [1.165, 1.54) is 11.3 Å². The van der Waals surface area contributed by atoms with Crippen LogP contribution in [0, 0.1) is 19.8 Å². The number of fused-ring (bicyclic) bond motifs is 1. The number of aromatic nitrogens is 4. The molecule has 0 aliphatic carbocycles. The molecule has 2 aromatic heterocycles. The van der Waals surface area contributed by atoms with E-state index in [1.807, 2.05) is 11.6 Å². The van der Waals surface area contributed by atoms with Crippen molar-refractivity contribution >= 4 is 0 Å². The summed E-state index contributed by atoms with van der Waals surface area (Å²) >= 11 is 0. The molecular weight excluding hydrogens is 331 g/mol. The molecule has 2 aromatic rings. The molecule has 1 atom stereocenters. The van der Waals surface area contributed by atoms with Gasteiger partial charge in [0.25, 0.3) is 0 Å². The highest BCUT2D eigenvalue weighted by atomic mass is 19.4. The summed E-state index contributed by atoms with van der Waals surface area (Å²) in [5.41, 5.74) is 2.62. The minimum absolute atomic E-state index is 0.310. The van der Waals surface area contributed by atoms with Crippen LogP contribution in [0.3, 0.4) is 0 Å². The number of aryl methyl sites for hydroxylation is 3. The van der Waals surface area contributed by atoms with Gasteiger partial charge in [-0.05, 0) is 39.7 Å². The van der Waals surface area contributed by atoms with Gasteiger partial charge in [-0.1, -0.05) is 0 Å². The first-order valence-corrected chi connectivity index (χ1v) is 8.66. The minimum Gasteiger partial charge on any atom is -0.334 e. The molecule has 1 N–H and O–H groups in total. The van der Waals surface area contributed by atoms with Crippen molar-refractivity contribution in [1.82, 2.24) is 24.6 Å². The van der Waals surface area contributed by atoms with Crippen molar-refractivity contribution in [3.63, 3.8) is 0 Å². The van der Waals surface area contributed by atoms with Crippen LogP contribution in [0.1, 0.15) is 41.8 Å². The largest absolute Gasteiger partial charge is 0.434 e. The molecule has 1 aliphatic heterocycles. The van der Waals surface area contributed by atoms with Gasteiger partial charge in [0, 0.05) is 43.5 Å². The van der Waals surface area contributed by atoms with E-state index in [0.29, 0.717) is 24.7 Å². The smallest absolute Gasteiger partial charge is 0.334 e. The Hall–Kier alpha value is -1.83. The van der Waals surface area contributed by atoms with Gasteiger partial charge in [-0.2, -0.15) is 18.3 Å². The highest BCUT2D eigenvalue weighted by Crippen LogP contribution is 2.30. The second kappa shape index (κ2) is 6.82. The van der Waals surface area contributed by atoms with Crippen molar-refractivity contribution in [2.75, 3.05) is 6.54 Å². The Balaban J connectivity index is 1.57. The lowest BCUT2D eigenvalue weighted by Crippen LogP contribution is -2.30. The fourth-order valence-corrected chi connectivity index (χ4v) is 3.52. The SMILES string of the molecule is CCn1nc(C)c(CNCC2CCc3nc(C(F)(F)F)cn3C2)c1C. The van der Waals surface area contributed by atoms with Crippen molar-refractivity contribution in [1.29, 1.82) is 0 Å². The lowest BCUT2D eigenvalue weighted by Gasteiger charge is -2.24. The number of hydrogen-bond acceptors (Lipinski definition) is 3. The molecule has 0 saturated heterocycles. The Kier molecular flexibility index (Phi) is 4.90. The highest BCUT2D eigenvalue weighted by Gasteiger charge is 2.35. The molecule has 0 amide bonds. The first-order valence-electron chi connectivity index (χ1n) is 8.66. The van der Waals surface area contributed by atoms with Crippen molar-refractivity contribution < 1.29 is 13.2 Å². The Labute approximate surface area is 145 Å². The molecule has 0 bridgehead atoms. The van der Waals surface area contributed by atoms with Crippen LogP contribution in [-0.4, -0.2) is 25.9 Å². The standard InChI is InChI=1S/C17H24F3N5/c1-4-25-12(3)14(11(2)23-25)8-21-7-13-5-6-16-22-15(17(18,19)20)10-24(16)9-13/h10,13,21H,4-9H2,1-3H3. The molecule has 8 heteroatoms. The zero-order valence-electron chi connectivity index (χ0n) is 14.8. The Bertz CT molecular complexity index is 744. The zero-order chi connectivity index (χ0) is 18.2. The average molecular weight is 355 g/mol. The van der Waals surface area contributed by atoms with E-state index < -0.39 is 11.9 Å². The first kappa shape index (κ1) is 18.0. The maximum absolute atomic E-state index is 12.8. The van der Waals surface area contributed by atoms with Crippen molar-refractivity contribution in [3.05, 3.63) is 34.7 Å². The molecular formula is C17H24F3N5. The Morgan fingerprint density at radius 3 is 2.72 bits per heavy atom. The Morgan fingerprint density at radius 2 is 2.08 bits per heavy atom. The number of alkyl halides is 3. The minimum atomic E-state index is -4.37. The summed E-state index contributed by atoms with van der Waals surface area (Å²) in [6.45, 7) is 9.08. The molecule has 5 nitrogen and oxygen atoms in total. The maximum Gasteiger partial charge on any atom is 0.434 e. The molecule has 0 fully saturated rings. The summed E-state index contributed by atoms with van der Waals surface area (Å²) in [5.74, 6) is 0.851. The van der Waals surface area contributed by atoms with Crippen LogP contribution in [0.5, 0.6) is 0 Å². The van der Waals surface area contributed by atoms with Crippen LogP contribution in [-0.2, 0) is 32.2 Å². The van der Waals surface area contributed by atoms with Crippen molar-refractivity contribution in [2.24, 2.45) is 5.92 Å². The van der Waals surface area contributed by atoms with Gasteiger partial charge in [0.05, 0.1) is 5.69 Å². The lowest BCUT2D eigenvalue weighted by molar-refractivity contribution is -0.141. The summed E-state index contributed by atoms with van der Waals surface area (Å²) in [4.78, 5) is 3.73. The van der Waals surface area contributed by atoms with Crippen LogP contribution in [0.2, 0.25) is 0 Å². The van der Waals surface area contributed by atoms with Gasteiger partial charge in [-0.15, -0.1) is 0 Å². The van der Waals surface area contributed by atoms with E-state index >= 15 is 0 Å². The summed E-state index contributed by atoms with van der Waals surface area (Å²) in [5, 5.41) is 7.96. The van der Waals surface area contributed by atoms with Crippen LogP contribution < -0.4 is 5.32 Å². The predicted molar refractivity (Wildman–Crippen MR) is 88.1 cm³/mol. The van der Waals surface area contributed by atoms with Gasteiger partial charge in [0.15, 0.2) is 5.69 Å². The number of nitrogens with zero attached hydrogens (tertiary/aromatic N) is 4. The fourth-order valence-electron chi connectivity index (χ4n) is 3.52. The summed E-state index contributed by atoms with van der Waals surface area (Å²) in [7, 11) is 0. The quantitative estimate of drug-likeness (QED) is 0.897. The number of rotatable bonds is 5. The third-order valence-corrected chi connectivity index (χ3v) is 4.95. The molecule has 0 saturated carbocycles. The second-order valence-electron chi connectivity index (χ2n) is 6.69. The van der Waals surface area contributed by atoms with Gasteiger partial charge in [-0.25, -0.2) is 4.98 Å². The first-order chi connectivity index (χ1) is 11.8. The van der Waals surface area contributed by atoms with Gasteiger partial charge in [0.2, 0.25) is 0 Å². The van der Waals surface area contributed by atoms with Gasteiger partial charge >= 0.3 is 6.18 Å². The zero-order valence-corrected chi connectivity index (χ0v) is 14.8. The normalized spacial score (nSPS) is 17.8.